The lowest BCUT2D eigenvalue weighted by Gasteiger charge is -2.10. The van der Waals surface area contributed by atoms with Gasteiger partial charge >= 0.3 is 0 Å². The van der Waals surface area contributed by atoms with Crippen molar-refractivity contribution in [2.45, 2.75) is 25.2 Å². The third-order valence-electron chi connectivity index (χ3n) is 3.33. The molecule has 0 bridgehead atoms. The summed E-state index contributed by atoms with van der Waals surface area (Å²) in [4.78, 5) is 15.9. The topological polar surface area (TPSA) is 34.4 Å². The van der Waals surface area contributed by atoms with E-state index in [0.29, 0.717) is 0 Å². The molecule has 76 valence electrons. The Kier molecular flexibility index (Phi) is 1.55. The number of hydrogen-bond donors (Lipinski definition) is 0. The Balaban J connectivity index is 2.24. The second-order valence-corrected chi connectivity index (χ2v) is 4.21. The van der Waals surface area contributed by atoms with Gasteiger partial charge in [0.25, 0.3) is 0 Å². The van der Waals surface area contributed by atoms with Gasteiger partial charge in [-0.15, -0.1) is 0 Å². The molecular weight excluding hydrogens is 188 g/mol. The molecule has 0 amide bonds. The molecule has 0 N–H and O–H groups in total. The Hall–Kier alpha value is -1.64. The largest absolute Gasteiger partial charge is 0.303 e. The zero-order valence-corrected chi connectivity index (χ0v) is 8.60. The van der Waals surface area contributed by atoms with Gasteiger partial charge in [0.05, 0.1) is 17.3 Å². The highest BCUT2D eigenvalue weighted by atomic mass is 16.1. The molecule has 1 saturated carbocycles. The molecule has 0 aromatic carbocycles. The number of nitrogens with zero attached hydrogens (tertiary/aromatic N) is 2. The number of rotatable bonds is 2. The van der Waals surface area contributed by atoms with E-state index in [1.54, 1.807) is 6.92 Å². The highest BCUT2D eigenvalue weighted by Gasteiger charge is 2.50. The lowest BCUT2D eigenvalue weighted by Crippen LogP contribution is -2.18. The van der Waals surface area contributed by atoms with Crippen molar-refractivity contribution in [3.05, 3.63) is 36.3 Å². The fourth-order valence-corrected chi connectivity index (χ4v) is 2.20. The van der Waals surface area contributed by atoms with E-state index in [-0.39, 0.29) is 11.2 Å². The van der Waals surface area contributed by atoms with Crippen LogP contribution in [0.25, 0.3) is 5.65 Å². The van der Waals surface area contributed by atoms with Crippen LogP contribution in [0.15, 0.2) is 30.6 Å². The molecule has 1 fully saturated rings. The number of ketones is 1. The molecule has 0 saturated heterocycles. The number of imidazole rings is 1. The second kappa shape index (κ2) is 2.69. The van der Waals surface area contributed by atoms with Crippen molar-refractivity contribution in [3.63, 3.8) is 0 Å². The van der Waals surface area contributed by atoms with Gasteiger partial charge in [-0.3, -0.25) is 4.79 Å². The molecule has 0 aliphatic heterocycles. The third-order valence-corrected chi connectivity index (χ3v) is 3.33. The van der Waals surface area contributed by atoms with Crippen LogP contribution in [0.4, 0.5) is 0 Å². The molecule has 2 aromatic heterocycles. The van der Waals surface area contributed by atoms with Crippen LogP contribution < -0.4 is 0 Å². The Morgan fingerprint density at radius 2 is 2.27 bits per heavy atom. The van der Waals surface area contributed by atoms with Crippen LogP contribution in [-0.2, 0) is 10.2 Å². The Labute approximate surface area is 87.7 Å². The lowest BCUT2D eigenvalue weighted by atomic mass is 9.98. The summed E-state index contributed by atoms with van der Waals surface area (Å²) in [6.07, 6.45) is 5.74. The van der Waals surface area contributed by atoms with Gasteiger partial charge in [0.1, 0.15) is 11.4 Å². The van der Waals surface area contributed by atoms with Gasteiger partial charge < -0.3 is 4.40 Å². The van der Waals surface area contributed by atoms with Crippen LogP contribution in [0.3, 0.4) is 0 Å². The second-order valence-electron chi connectivity index (χ2n) is 4.21. The van der Waals surface area contributed by atoms with Crippen molar-refractivity contribution in [2.75, 3.05) is 0 Å². The van der Waals surface area contributed by atoms with Crippen LogP contribution >= 0.6 is 0 Å². The van der Waals surface area contributed by atoms with Crippen molar-refractivity contribution in [1.29, 1.82) is 0 Å². The van der Waals surface area contributed by atoms with E-state index in [2.05, 4.69) is 4.98 Å². The van der Waals surface area contributed by atoms with E-state index >= 15 is 0 Å². The van der Waals surface area contributed by atoms with Crippen LogP contribution in [0.5, 0.6) is 0 Å². The van der Waals surface area contributed by atoms with Gasteiger partial charge in [0.2, 0.25) is 0 Å². The number of carbonyl (C=O) groups is 1. The molecule has 3 nitrogen and oxygen atoms in total. The summed E-state index contributed by atoms with van der Waals surface area (Å²) in [7, 11) is 0. The van der Waals surface area contributed by atoms with Crippen molar-refractivity contribution in [1.82, 2.24) is 9.38 Å². The first-order valence-electron chi connectivity index (χ1n) is 5.18. The highest BCUT2D eigenvalue weighted by Crippen LogP contribution is 2.48. The molecule has 0 spiro atoms. The van der Waals surface area contributed by atoms with Crippen molar-refractivity contribution < 1.29 is 4.79 Å². The van der Waals surface area contributed by atoms with Crippen molar-refractivity contribution in [3.8, 4) is 0 Å². The average molecular weight is 200 g/mol. The van der Waals surface area contributed by atoms with E-state index < -0.39 is 0 Å². The smallest absolute Gasteiger partial charge is 0.141 e. The Bertz CT molecular complexity index is 537. The molecule has 3 rings (SSSR count). The maximum absolute atomic E-state index is 11.6. The van der Waals surface area contributed by atoms with Crippen LogP contribution in [0.1, 0.15) is 25.5 Å². The van der Waals surface area contributed by atoms with Crippen molar-refractivity contribution in [2.24, 2.45) is 0 Å². The van der Waals surface area contributed by atoms with Crippen LogP contribution in [0.2, 0.25) is 0 Å². The summed E-state index contributed by atoms with van der Waals surface area (Å²) >= 11 is 0. The first-order valence-corrected chi connectivity index (χ1v) is 5.18. The SMILES string of the molecule is CC(=O)C1(c2cnc3ccccn23)CC1. The predicted molar refractivity (Wildman–Crippen MR) is 56.8 cm³/mol. The molecule has 0 unspecified atom stereocenters. The van der Waals surface area contributed by atoms with Gasteiger partial charge in [0.15, 0.2) is 0 Å². The first-order chi connectivity index (χ1) is 7.24. The van der Waals surface area contributed by atoms with Gasteiger partial charge in [-0.25, -0.2) is 4.98 Å². The Morgan fingerprint density at radius 3 is 2.93 bits per heavy atom. The highest BCUT2D eigenvalue weighted by molar-refractivity contribution is 5.90. The molecule has 3 heteroatoms. The van der Waals surface area contributed by atoms with Crippen molar-refractivity contribution >= 4 is 11.4 Å². The maximum Gasteiger partial charge on any atom is 0.141 e. The zero-order chi connectivity index (χ0) is 10.5. The van der Waals surface area contributed by atoms with E-state index in [1.165, 1.54) is 0 Å². The summed E-state index contributed by atoms with van der Waals surface area (Å²) in [6.45, 7) is 1.68. The number of pyridine rings is 1. The number of carbonyl (C=O) groups excluding carboxylic acids is 1. The first kappa shape index (κ1) is 8.65. The molecular formula is C12H12N2O. The minimum atomic E-state index is -0.235. The quantitative estimate of drug-likeness (QED) is 0.742. The molecule has 1 aliphatic rings. The van der Waals surface area contributed by atoms with E-state index in [1.807, 2.05) is 35.0 Å². The minimum Gasteiger partial charge on any atom is -0.303 e. The van der Waals surface area contributed by atoms with E-state index in [4.69, 9.17) is 0 Å². The number of fused-ring (bicyclic) bond motifs is 1. The van der Waals surface area contributed by atoms with Gasteiger partial charge in [0, 0.05) is 6.20 Å². The molecule has 0 radical (unpaired) electrons. The monoisotopic (exact) mass is 200 g/mol. The van der Waals surface area contributed by atoms with E-state index in [0.717, 1.165) is 24.2 Å². The maximum atomic E-state index is 11.6. The lowest BCUT2D eigenvalue weighted by molar-refractivity contribution is -0.119. The average Bonchev–Trinajstić information content (AvgIpc) is 2.93. The van der Waals surface area contributed by atoms with Crippen LogP contribution in [-0.4, -0.2) is 15.2 Å². The number of Topliss-reactive ketones (excluding diaryl/α,β-unsaturated/α-hetero) is 1. The molecule has 2 aromatic rings. The fraction of sp³-hybridized carbons (Fsp3) is 0.333. The van der Waals surface area contributed by atoms with Gasteiger partial charge in [-0.1, -0.05) is 6.07 Å². The third kappa shape index (κ3) is 1.06. The summed E-state index contributed by atoms with van der Waals surface area (Å²) < 4.78 is 2.02. The summed E-state index contributed by atoms with van der Waals surface area (Å²) in [5.74, 6) is 0.258. The number of aromatic nitrogens is 2. The summed E-state index contributed by atoms with van der Waals surface area (Å²) in [5.41, 5.74) is 1.73. The molecule has 15 heavy (non-hydrogen) atoms. The van der Waals surface area contributed by atoms with E-state index in [9.17, 15) is 4.79 Å². The molecule has 0 atom stereocenters. The molecule has 2 heterocycles. The standard InChI is InChI=1S/C12H12N2O/c1-9(15)12(5-6-12)10-8-13-11-4-2-3-7-14(10)11/h2-4,7-8H,5-6H2,1H3. The fourth-order valence-electron chi connectivity index (χ4n) is 2.20. The normalized spacial score (nSPS) is 17.9. The predicted octanol–water partition coefficient (Wildman–Crippen LogP) is 1.95. The van der Waals surface area contributed by atoms with Gasteiger partial charge in [-0.05, 0) is 31.9 Å². The number of hydrogen-bond acceptors (Lipinski definition) is 2. The summed E-state index contributed by atoms with van der Waals surface area (Å²) in [5, 5.41) is 0. The Morgan fingerprint density at radius 1 is 1.47 bits per heavy atom. The zero-order valence-electron chi connectivity index (χ0n) is 8.60. The summed E-state index contributed by atoms with van der Waals surface area (Å²) in [6, 6.07) is 5.88. The molecule has 1 aliphatic carbocycles. The minimum absolute atomic E-state index is 0.235. The van der Waals surface area contributed by atoms with Gasteiger partial charge in [-0.2, -0.15) is 0 Å². The van der Waals surface area contributed by atoms with Crippen LogP contribution in [0, 0.1) is 0 Å².